The van der Waals surface area contributed by atoms with Crippen molar-refractivity contribution in [3.63, 3.8) is 0 Å². The lowest BCUT2D eigenvalue weighted by Gasteiger charge is -2.17. The minimum Gasteiger partial charge on any atom is -0.468 e. The van der Waals surface area contributed by atoms with Crippen LogP contribution in [0.4, 0.5) is 5.00 Å². The molecule has 1 N–H and O–H groups in total. The lowest BCUT2D eigenvalue weighted by Crippen LogP contribution is -2.26. The van der Waals surface area contributed by atoms with E-state index in [2.05, 4.69) is 18.3 Å². The topological polar surface area (TPSA) is 103 Å². The van der Waals surface area contributed by atoms with E-state index in [4.69, 9.17) is 4.42 Å². The Hall–Kier alpha value is -2.93. The third-order valence-electron chi connectivity index (χ3n) is 5.63. The molecule has 32 heavy (non-hydrogen) atoms. The van der Waals surface area contributed by atoms with Crippen LogP contribution in [0, 0.1) is 17.2 Å². The van der Waals surface area contributed by atoms with Crippen LogP contribution in [0.2, 0.25) is 0 Å². The summed E-state index contributed by atoms with van der Waals surface area (Å²) in [7, 11) is -2.26. The van der Waals surface area contributed by atoms with Gasteiger partial charge >= 0.3 is 0 Å². The molecule has 0 saturated carbocycles. The molecule has 1 aliphatic carbocycles. The fourth-order valence-corrected chi connectivity index (χ4v) is 6.29. The number of hydrogen-bond acceptors (Lipinski definition) is 6. The third-order valence-corrected chi connectivity index (χ3v) is 8.62. The number of nitrogens with zero attached hydrogens (tertiary/aromatic N) is 2. The molecule has 0 unspecified atom stereocenters. The number of nitrogens with one attached hydrogen (secondary N) is 1. The average Bonchev–Trinajstić information content (AvgIpc) is 3.40. The first-order chi connectivity index (χ1) is 15.3. The highest BCUT2D eigenvalue weighted by molar-refractivity contribution is 7.89. The molecule has 0 aliphatic heterocycles. The highest BCUT2D eigenvalue weighted by Crippen LogP contribution is 2.39. The third kappa shape index (κ3) is 4.35. The van der Waals surface area contributed by atoms with Crippen molar-refractivity contribution in [1.29, 1.82) is 5.26 Å². The van der Waals surface area contributed by atoms with E-state index in [0.29, 0.717) is 27.8 Å². The standard InChI is InChI=1S/C23H23N3O4S2/c1-15-5-10-19-20(13-24)23(31-21(19)12-15)25-22(27)16-6-8-18(9-7-16)32(28,29)26(2)14-17-4-3-11-30-17/h3-4,6-9,11,15H,5,10,12,14H2,1-2H3,(H,25,27)/t15-/m0/s1. The molecule has 2 heterocycles. The summed E-state index contributed by atoms with van der Waals surface area (Å²) in [5.41, 5.74) is 1.91. The smallest absolute Gasteiger partial charge is 0.256 e. The summed E-state index contributed by atoms with van der Waals surface area (Å²) in [5, 5.41) is 13.0. The molecule has 166 valence electrons. The molecule has 9 heteroatoms. The SMILES string of the molecule is C[C@H]1CCc2c(sc(NC(=O)c3ccc(S(=O)(=O)N(C)Cc4ccco4)cc3)c2C#N)C1. The number of fused-ring (bicyclic) bond motifs is 1. The van der Waals surface area contributed by atoms with Gasteiger partial charge in [0.15, 0.2) is 0 Å². The van der Waals surface area contributed by atoms with Gasteiger partial charge in [0, 0.05) is 17.5 Å². The number of sulfonamides is 1. The Bertz CT molecular complexity index is 1270. The van der Waals surface area contributed by atoms with Gasteiger partial charge in [-0.25, -0.2) is 8.42 Å². The Morgan fingerprint density at radius 3 is 2.72 bits per heavy atom. The normalized spacial score (nSPS) is 15.9. The molecule has 0 bridgehead atoms. The Balaban J connectivity index is 1.50. The van der Waals surface area contributed by atoms with Crippen LogP contribution >= 0.6 is 11.3 Å². The molecule has 1 atom stereocenters. The molecule has 0 spiro atoms. The predicted octanol–water partition coefficient (Wildman–Crippen LogP) is 4.41. The van der Waals surface area contributed by atoms with Crippen LogP contribution in [0.3, 0.4) is 0 Å². The minimum atomic E-state index is -3.73. The minimum absolute atomic E-state index is 0.0846. The predicted molar refractivity (Wildman–Crippen MR) is 122 cm³/mol. The molecule has 1 amide bonds. The summed E-state index contributed by atoms with van der Waals surface area (Å²) in [6.45, 7) is 2.30. The fraction of sp³-hybridized carbons (Fsp3) is 0.304. The number of benzene rings is 1. The van der Waals surface area contributed by atoms with Crippen molar-refractivity contribution in [2.24, 2.45) is 5.92 Å². The zero-order valence-electron chi connectivity index (χ0n) is 17.8. The molecule has 4 rings (SSSR count). The van der Waals surface area contributed by atoms with Crippen LogP contribution in [0.5, 0.6) is 0 Å². The van der Waals surface area contributed by atoms with Gasteiger partial charge in [-0.3, -0.25) is 4.79 Å². The first-order valence-corrected chi connectivity index (χ1v) is 12.5. The Morgan fingerprint density at radius 2 is 2.06 bits per heavy atom. The molecule has 0 saturated heterocycles. The molecule has 0 radical (unpaired) electrons. The van der Waals surface area contributed by atoms with Crippen LogP contribution in [0.15, 0.2) is 52.0 Å². The van der Waals surface area contributed by atoms with E-state index >= 15 is 0 Å². The molecule has 0 fully saturated rings. The van der Waals surface area contributed by atoms with Gasteiger partial charge in [0.25, 0.3) is 5.91 Å². The monoisotopic (exact) mass is 469 g/mol. The summed E-state index contributed by atoms with van der Waals surface area (Å²) in [6.07, 6.45) is 4.30. The van der Waals surface area contributed by atoms with Gasteiger partial charge in [0.1, 0.15) is 16.8 Å². The Labute approximate surface area is 191 Å². The molecule has 1 aromatic carbocycles. The lowest BCUT2D eigenvalue weighted by molar-refractivity contribution is 0.102. The van der Waals surface area contributed by atoms with Crippen LogP contribution in [0.1, 0.15) is 45.5 Å². The van der Waals surface area contributed by atoms with E-state index < -0.39 is 10.0 Å². The second-order valence-electron chi connectivity index (χ2n) is 7.99. The molecule has 7 nitrogen and oxygen atoms in total. The second kappa shape index (κ2) is 8.90. The number of hydrogen-bond donors (Lipinski definition) is 1. The molecule has 3 aromatic rings. The van der Waals surface area contributed by atoms with E-state index in [1.807, 2.05) is 0 Å². The van der Waals surface area contributed by atoms with E-state index in [-0.39, 0.29) is 17.3 Å². The zero-order valence-corrected chi connectivity index (χ0v) is 19.4. The van der Waals surface area contributed by atoms with E-state index in [1.165, 1.54) is 53.2 Å². The summed E-state index contributed by atoms with van der Waals surface area (Å²) < 4.78 is 32.0. The Kier molecular flexibility index (Phi) is 6.20. The van der Waals surface area contributed by atoms with E-state index in [1.54, 1.807) is 12.1 Å². The van der Waals surface area contributed by atoms with Gasteiger partial charge in [-0.1, -0.05) is 6.92 Å². The van der Waals surface area contributed by atoms with Crippen molar-refractivity contribution in [3.05, 3.63) is 70.0 Å². The van der Waals surface area contributed by atoms with Gasteiger partial charge < -0.3 is 9.73 Å². The number of furan rings is 1. The maximum atomic E-state index is 12.8. The Morgan fingerprint density at radius 1 is 1.31 bits per heavy atom. The van der Waals surface area contributed by atoms with Crippen molar-refractivity contribution in [1.82, 2.24) is 4.31 Å². The van der Waals surface area contributed by atoms with Gasteiger partial charge in [-0.15, -0.1) is 11.3 Å². The average molecular weight is 470 g/mol. The van der Waals surface area contributed by atoms with Gasteiger partial charge in [-0.2, -0.15) is 9.57 Å². The quantitative estimate of drug-likeness (QED) is 0.576. The maximum Gasteiger partial charge on any atom is 0.256 e. The number of anilines is 1. The maximum absolute atomic E-state index is 12.8. The summed E-state index contributed by atoms with van der Waals surface area (Å²) in [5.74, 6) is 0.728. The van der Waals surface area contributed by atoms with Crippen LogP contribution < -0.4 is 5.32 Å². The lowest BCUT2D eigenvalue weighted by atomic mass is 9.88. The first kappa shape index (κ1) is 22.3. The van der Waals surface area contributed by atoms with Crippen LogP contribution in [-0.4, -0.2) is 25.7 Å². The zero-order chi connectivity index (χ0) is 22.9. The highest BCUT2D eigenvalue weighted by atomic mass is 32.2. The van der Waals surface area contributed by atoms with Crippen molar-refractivity contribution < 1.29 is 17.6 Å². The number of thiophene rings is 1. The number of carbonyl (C=O) groups is 1. The number of carbonyl (C=O) groups excluding carboxylic acids is 1. The van der Waals surface area contributed by atoms with Gasteiger partial charge in [-0.05, 0) is 67.1 Å². The largest absolute Gasteiger partial charge is 0.468 e. The number of nitriles is 1. The molecule has 1 aliphatic rings. The molecular formula is C23H23N3O4S2. The first-order valence-electron chi connectivity index (χ1n) is 10.2. The van der Waals surface area contributed by atoms with Gasteiger partial charge in [0.2, 0.25) is 10.0 Å². The van der Waals surface area contributed by atoms with Gasteiger partial charge in [0.05, 0.1) is 23.3 Å². The summed E-state index contributed by atoms with van der Waals surface area (Å²) >= 11 is 1.46. The highest BCUT2D eigenvalue weighted by Gasteiger charge is 2.25. The number of amides is 1. The molecular weight excluding hydrogens is 446 g/mol. The van der Waals surface area contributed by atoms with Crippen molar-refractivity contribution >= 4 is 32.3 Å². The van der Waals surface area contributed by atoms with Crippen molar-refractivity contribution in [2.45, 2.75) is 37.6 Å². The van der Waals surface area contributed by atoms with E-state index in [9.17, 15) is 18.5 Å². The van der Waals surface area contributed by atoms with E-state index in [0.717, 1.165) is 29.7 Å². The van der Waals surface area contributed by atoms with Crippen LogP contribution in [-0.2, 0) is 29.4 Å². The van der Waals surface area contributed by atoms with Crippen molar-refractivity contribution in [3.8, 4) is 6.07 Å². The molecule has 2 aromatic heterocycles. The summed E-state index contributed by atoms with van der Waals surface area (Å²) in [6, 6.07) is 11.4. The fourth-order valence-electron chi connectivity index (χ4n) is 3.80. The number of rotatable bonds is 6. The second-order valence-corrected chi connectivity index (χ2v) is 11.1. The summed E-state index contributed by atoms with van der Waals surface area (Å²) in [4.78, 5) is 14.0. The van der Waals surface area contributed by atoms with Crippen molar-refractivity contribution in [2.75, 3.05) is 12.4 Å². The van der Waals surface area contributed by atoms with Crippen LogP contribution in [0.25, 0.3) is 0 Å².